The van der Waals surface area contributed by atoms with Gasteiger partial charge < -0.3 is 9.31 Å². The first-order valence-corrected chi connectivity index (χ1v) is 6.89. The van der Waals surface area contributed by atoms with Gasteiger partial charge in [-0.25, -0.2) is 0 Å². The van der Waals surface area contributed by atoms with E-state index in [4.69, 9.17) is 9.31 Å². The fourth-order valence-corrected chi connectivity index (χ4v) is 2.17. The van der Waals surface area contributed by atoms with Gasteiger partial charge in [-0.2, -0.15) is 5.26 Å². The Balaban J connectivity index is 2.43. The standard InChI is InChI=1S/C15H21BN2O2/c1-10-7-12(11(2)8-17)13(18-9-10)16-19-14(3,4)15(5,6)20-16/h7,9,11H,1-6H3. The normalized spacial score (nSPS) is 21.6. The fraction of sp³-hybridized carbons (Fsp3) is 0.600. The van der Waals surface area contributed by atoms with Crippen LogP contribution in [-0.2, 0) is 9.31 Å². The molecule has 106 valence electrons. The van der Waals surface area contributed by atoms with Gasteiger partial charge in [-0.05, 0) is 52.7 Å². The van der Waals surface area contributed by atoms with Crippen LogP contribution in [0, 0.1) is 18.3 Å². The molecule has 0 saturated carbocycles. The van der Waals surface area contributed by atoms with Crippen LogP contribution in [0.15, 0.2) is 12.3 Å². The zero-order valence-corrected chi connectivity index (χ0v) is 13.0. The van der Waals surface area contributed by atoms with E-state index >= 15 is 0 Å². The molecule has 1 saturated heterocycles. The van der Waals surface area contributed by atoms with Crippen molar-refractivity contribution in [1.82, 2.24) is 4.98 Å². The first kappa shape index (κ1) is 15.0. The van der Waals surface area contributed by atoms with Crippen molar-refractivity contribution in [3.63, 3.8) is 0 Å². The first-order chi connectivity index (χ1) is 9.18. The van der Waals surface area contributed by atoms with Crippen LogP contribution in [0.2, 0.25) is 0 Å². The van der Waals surface area contributed by atoms with Gasteiger partial charge in [-0.3, -0.25) is 4.98 Å². The number of nitrogens with zero attached hydrogens (tertiary/aromatic N) is 2. The maximum atomic E-state index is 9.19. The Labute approximate surface area is 121 Å². The Bertz CT molecular complexity index is 547. The van der Waals surface area contributed by atoms with Gasteiger partial charge in [0.2, 0.25) is 0 Å². The molecule has 0 bridgehead atoms. The lowest BCUT2D eigenvalue weighted by Gasteiger charge is -2.32. The third-order valence-electron chi connectivity index (χ3n) is 4.22. The molecule has 20 heavy (non-hydrogen) atoms. The average molecular weight is 272 g/mol. The molecular weight excluding hydrogens is 251 g/mol. The second kappa shape index (κ2) is 4.87. The molecular formula is C15H21BN2O2. The third-order valence-corrected chi connectivity index (χ3v) is 4.22. The summed E-state index contributed by atoms with van der Waals surface area (Å²) in [5.41, 5.74) is 1.81. The van der Waals surface area contributed by atoms with Crippen LogP contribution in [0.25, 0.3) is 0 Å². The minimum absolute atomic E-state index is 0.239. The van der Waals surface area contributed by atoms with Crippen molar-refractivity contribution >= 4 is 12.7 Å². The number of aromatic nitrogens is 1. The summed E-state index contributed by atoms with van der Waals surface area (Å²) in [5, 5.41) is 9.19. The second-order valence-corrected chi connectivity index (χ2v) is 6.43. The fourth-order valence-electron chi connectivity index (χ4n) is 2.17. The topological polar surface area (TPSA) is 55.1 Å². The van der Waals surface area contributed by atoms with Gasteiger partial charge in [0.15, 0.2) is 0 Å². The summed E-state index contributed by atoms with van der Waals surface area (Å²) in [5.74, 6) is -0.239. The van der Waals surface area contributed by atoms with Gasteiger partial charge in [0.1, 0.15) is 0 Å². The summed E-state index contributed by atoms with van der Waals surface area (Å²) < 4.78 is 12.1. The van der Waals surface area contributed by atoms with Gasteiger partial charge in [-0.1, -0.05) is 6.07 Å². The Morgan fingerprint density at radius 1 is 1.25 bits per heavy atom. The van der Waals surface area contributed by atoms with E-state index in [-0.39, 0.29) is 5.92 Å². The quantitative estimate of drug-likeness (QED) is 0.775. The van der Waals surface area contributed by atoms with E-state index in [9.17, 15) is 5.26 Å². The number of nitriles is 1. The van der Waals surface area contributed by atoms with Crippen molar-refractivity contribution < 1.29 is 9.31 Å². The van der Waals surface area contributed by atoms with Crippen molar-refractivity contribution in [2.45, 2.75) is 58.7 Å². The highest BCUT2D eigenvalue weighted by Gasteiger charge is 2.53. The van der Waals surface area contributed by atoms with Crippen LogP contribution in [0.4, 0.5) is 0 Å². The SMILES string of the molecule is Cc1cnc(B2OC(C)(C)C(C)(C)O2)c(C(C)C#N)c1. The molecule has 1 aliphatic heterocycles. The predicted octanol–water partition coefficient (Wildman–Crippen LogP) is 2.32. The van der Waals surface area contributed by atoms with E-state index in [1.165, 1.54) is 0 Å². The highest BCUT2D eigenvalue weighted by atomic mass is 16.7. The lowest BCUT2D eigenvalue weighted by atomic mass is 9.77. The Morgan fingerprint density at radius 2 is 1.80 bits per heavy atom. The minimum Gasteiger partial charge on any atom is -0.398 e. The maximum absolute atomic E-state index is 9.19. The number of aryl methyl sites for hydroxylation is 1. The molecule has 0 aliphatic carbocycles. The van der Waals surface area contributed by atoms with Crippen LogP contribution < -0.4 is 5.59 Å². The maximum Gasteiger partial charge on any atom is 0.514 e. The first-order valence-electron chi connectivity index (χ1n) is 6.89. The Morgan fingerprint density at radius 3 is 2.30 bits per heavy atom. The lowest BCUT2D eigenvalue weighted by molar-refractivity contribution is 0.00578. The third kappa shape index (κ3) is 2.46. The zero-order chi connectivity index (χ0) is 15.1. The number of hydrogen-bond donors (Lipinski definition) is 0. The van der Waals surface area contributed by atoms with Crippen LogP contribution in [0.5, 0.6) is 0 Å². The Hall–Kier alpha value is -1.38. The molecule has 0 radical (unpaired) electrons. The van der Waals surface area contributed by atoms with Crippen LogP contribution in [-0.4, -0.2) is 23.3 Å². The van der Waals surface area contributed by atoms with Crippen molar-refractivity contribution in [3.05, 3.63) is 23.4 Å². The van der Waals surface area contributed by atoms with Crippen LogP contribution in [0.3, 0.4) is 0 Å². The number of hydrogen-bond acceptors (Lipinski definition) is 4. The van der Waals surface area contributed by atoms with Crippen molar-refractivity contribution in [3.8, 4) is 6.07 Å². The minimum atomic E-state index is -0.522. The molecule has 0 amide bonds. The second-order valence-electron chi connectivity index (χ2n) is 6.43. The molecule has 1 fully saturated rings. The van der Waals surface area contributed by atoms with Crippen molar-refractivity contribution in [2.75, 3.05) is 0 Å². The van der Waals surface area contributed by atoms with Crippen molar-refractivity contribution in [1.29, 1.82) is 5.26 Å². The molecule has 1 aliphatic rings. The number of pyridine rings is 1. The molecule has 1 aromatic rings. The summed E-state index contributed by atoms with van der Waals surface area (Å²) in [6, 6.07) is 4.25. The average Bonchev–Trinajstić information content (AvgIpc) is 2.57. The predicted molar refractivity (Wildman–Crippen MR) is 78.7 cm³/mol. The largest absolute Gasteiger partial charge is 0.514 e. The molecule has 0 spiro atoms. The zero-order valence-electron chi connectivity index (χ0n) is 13.0. The van der Waals surface area contributed by atoms with Gasteiger partial charge in [0.25, 0.3) is 0 Å². The molecule has 2 heterocycles. The summed E-state index contributed by atoms with van der Waals surface area (Å²) in [7, 11) is -0.522. The Kier molecular flexibility index (Phi) is 3.66. The summed E-state index contributed by atoms with van der Waals surface area (Å²) >= 11 is 0. The van der Waals surface area contributed by atoms with E-state index in [0.29, 0.717) is 5.59 Å². The summed E-state index contributed by atoms with van der Waals surface area (Å²) in [6.45, 7) is 11.9. The molecule has 5 heteroatoms. The highest BCUT2D eigenvalue weighted by molar-refractivity contribution is 6.61. The summed E-state index contributed by atoms with van der Waals surface area (Å²) in [6.07, 6.45) is 1.79. The molecule has 1 unspecified atom stereocenters. The van der Waals surface area contributed by atoms with E-state index < -0.39 is 18.3 Å². The summed E-state index contributed by atoms with van der Waals surface area (Å²) in [4.78, 5) is 4.46. The molecule has 0 aromatic carbocycles. The lowest BCUT2D eigenvalue weighted by Crippen LogP contribution is -2.41. The van der Waals surface area contributed by atoms with Gasteiger partial charge in [-0.15, -0.1) is 0 Å². The molecule has 2 rings (SSSR count). The van der Waals surface area contributed by atoms with E-state index in [0.717, 1.165) is 11.1 Å². The van der Waals surface area contributed by atoms with Crippen LogP contribution >= 0.6 is 0 Å². The molecule has 4 nitrogen and oxygen atoms in total. The monoisotopic (exact) mass is 272 g/mol. The number of rotatable bonds is 2. The molecule has 1 aromatic heterocycles. The highest BCUT2D eigenvalue weighted by Crippen LogP contribution is 2.36. The van der Waals surface area contributed by atoms with E-state index in [1.807, 2.05) is 47.6 Å². The smallest absolute Gasteiger partial charge is 0.398 e. The van der Waals surface area contributed by atoms with Crippen molar-refractivity contribution in [2.24, 2.45) is 0 Å². The van der Waals surface area contributed by atoms with E-state index in [2.05, 4.69) is 11.1 Å². The van der Waals surface area contributed by atoms with Crippen LogP contribution in [0.1, 0.15) is 51.7 Å². The van der Waals surface area contributed by atoms with Gasteiger partial charge in [0, 0.05) is 6.20 Å². The van der Waals surface area contributed by atoms with Gasteiger partial charge >= 0.3 is 7.12 Å². The molecule has 1 atom stereocenters. The molecule has 0 N–H and O–H groups in total. The van der Waals surface area contributed by atoms with E-state index in [1.54, 1.807) is 6.20 Å². The van der Waals surface area contributed by atoms with Gasteiger partial charge in [0.05, 0.1) is 28.8 Å².